The topological polar surface area (TPSA) is 12.4 Å². The molecule has 0 aromatic carbocycles. The van der Waals surface area contributed by atoms with Crippen LogP contribution in [0, 0.1) is 0 Å². The van der Waals surface area contributed by atoms with Crippen LogP contribution in [0.5, 0.6) is 0 Å². The van der Waals surface area contributed by atoms with Gasteiger partial charge >= 0.3 is 0 Å². The Morgan fingerprint density at radius 1 is 1.36 bits per heavy atom. The molecule has 0 atom stereocenters. The Morgan fingerprint density at radius 2 is 2.18 bits per heavy atom. The first kappa shape index (κ1) is 8.25. The predicted molar refractivity (Wildman–Crippen MR) is 49.9 cm³/mol. The van der Waals surface area contributed by atoms with Crippen LogP contribution in [0.15, 0.2) is 28.4 Å². The highest BCUT2D eigenvalue weighted by Crippen LogP contribution is 2.12. The van der Waals surface area contributed by atoms with Gasteiger partial charge in [-0.1, -0.05) is 11.6 Å². The van der Waals surface area contributed by atoms with Gasteiger partial charge in [0.05, 0.1) is 0 Å². The summed E-state index contributed by atoms with van der Waals surface area (Å²) in [5.74, 6) is 0. The Morgan fingerprint density at radius 3 is 3.00 bits per heavy atom. The minimum atomic E-state index is 1.15. The molecular weight excluding hydrogens is 134 g/mol. The molecule has 0 saturated heterocycles. The van der Waals surface area contributed by atoms with Crippen molar-refractivity contribution in [2.24, 2.45) is 4.99 Å². The number of hydrogen-bond acceptors (Lipinski definition) is 1. The molecule has 1 nitrogen and oxygen atoms in total. The highest BCUT2D eigenvalue weighted by Gasteiger charge is 1.95. The molecule has 11 heavy (non-hydrogen) atoms. The Hall–Kier alpha value is -0.850. The minimum absolute atomic E-state index is 1.15. The molecule has 0 unspecified atom stereocenters. The maximum Gasteiger partial charge on any atom is 0.0296 e. The molecule has 60 valence electrons. The molecule has 0 aromatic rings. The van der Waals surface area contributed by atoms with Crippen LogP contribution in [0.25, 0.3) is 0 Å². The van der Waals surface area contributed by atoms with Crippen LogP contribution >= 0.6 is 0 Å². The third-order valence-electron chi connectivity index (χ3n) is 2.06. The third-order valence-corrected chi connectivity index (χ3v) is 2.06. The van der Waals surface area contributed by atoms with E-state index >= 15 is 0 Å². The first-order valence-corrected chi connectivity index (χ1v) is 4.15. The molecule has 1 aliphatic heterocycles. The smallest absolute Gasteiger partial charge is 0.0296 e. The van der Waals surface area contributed by atoms with Crippen molar-refractivity contribution in [1.82, 2.24) is 0 Å². The predicted octanol–water partition coefficient (Wildman–Crippen LogP) is 3.09. The van der Waals surface area contributed by atoms with Gasteiger partial charge in [0, 0.05) is 12.4 Å². The molecule has 0 radical (unpaired) electrons. The Kier molecular flexibility index (Phi) is 3.09. The Labute approximate surface area is 68.5 Å². The normalized spacial score (nSPS) is 19.5. The van der Waals surface area contributed by atoms with Gasteiger partial charge in [-0.25, -0.2) is 0 Å². The second kappa shape index (κ2) is 4.12. The van der Waals surface area contributed by atoms with Crippen molar-refractivity contribution in [3.05, 3.63) is 23.4 Å². The summed E-state index contributed by atoms with van der Waals surface area (Å²) in [6.07, 6.45) is 9.58. The number of rotatable bonds is 0. The maximum atomic E-state index is 4.16. The molecule has 1 aliphatic rings. The van der Waals surface area contributed by atoms with Crippen LogP contribution in [0.3, 0.4) is 0 Å². The van der Waals surface area contributed by atoms with Crippen LogP contribution in [0.4, 0.5) is 0 Å². The lowest BCUT2D eigenvalue weighted by Gasteiger charge is -2.00. The van der Waals surface area contributed by atoms with Gasteiger partial charge in [0.1, 0.15) is 0 Å². The molecule has 0 amide bonds. The van der Waals surface area contributed by atoms with Gasteiger partial charge in [0.25, 0.3) is 0 Å². The van der Waals surface area contributed by atoms with E-state index < -0.39 is 0 Å². The van der Waals surface area contributed by atoms with Crippen LogP contribution in [-0.2, 0) is 0 Å². The van der Waals surface area contributed by atoms with Gasteiger partial charge in [-0.2, -0.15) is 0 Å². The molecule has 1 rings (SSSR count). The van der Waals surface area contributed by atoms with Crippen molar-refractivity contribution in [3.8, 4) is 0 Å². The van der Waals surface area contributed by atoms with E-state index in [1.807, 2.05) is 12.4 Å². The van der Waals surface area contributed by atoms with E-state index in [0.29, 0.717) is 0 Å². The van der Waals surface area contributed by atoms with Gasteiger partial charge in [-0.15, -0.1) is 0 Å². The number of hydrogen-bond donors (Lipinski definition) is 0. The average molecular weight is 149 g/mol. The Balaban J connectivity index is 2.74. The fraction of sp³-hybridized carbons (Fsp3) is 0.500. The molecule has 0 fully saturated rings. The fourth-order valence-corrected chi connectivity index (χ4v) is 1.08. The molecule has 0 aromatic heterocycles. The lowest BCUT2D eigenvalue weighted by atomic mass is 10.1. The van der Waals surface area contributed by atoms with Crippen LogP contribution in [0.1, 0.15) is 33.1 Å². The van der Waals surface area contributed by atoms with Crippen LogP contribution < -0.4 is 0 Å². The first-order valence-electron chi connectivity index (χ1n) is 4.15. The lowest BCUT2D eigenvalue weighted by molar-refractivity contribution is 0.829. The molecular formula is C10H15N. The quantitative estimate of drug-likeness (QED) is 0.502. The SMILES string of the molecule is CC1=C(C)CCCC=CN=C1. The van der Waals surface area contributed by atoms with E-state index in [2.05, 4.69) is 24.9 Å². The standard InChI is InChI=1S/C10H15N/c1-9-6-4-3-5-7-11-8-10(9)2/h5,7-8H,3-4,6H2,1-2H3. The van der Waals surface area contributed by atoms with E-state index in [-0.39, 0.29) is 0 Å². The summed E-state index contributed by atoms with van der Waals surface area (Å²) < 4.78 is 0. The molecule has 0 aliphatic carbocycles. The summed E-state index contributed by atoms with van der Waals surface area (Å²) in [5.41, 5.74) is 2.79. The second-order valence-corrected chi connectivity index (χ2v) is 3.02. The first-order chi connectivity index (χ1) is 5.30. The van der Waals surface area contributed by atoms with Crippen molar-refractivity contribution in [1.29, 1.82) is 0 Å². The summed E-state index contributed by atoms with van der Waals surface area (Å²) in [4.78, 5) is 4.16. The van der Waals surface area contributed by atoms with Crippen molar-refractivity contribution >= 4 is 6.21 Å². The van der Waals surface area contributed by atoms with E-state index in [1.54, 1.807) is 0 Å². The van der Waals surface area contributed by atoms with Gasteiger partial charge in [-0.3, -0.25) is 4.99 Å². The molecule has 0 spiro atoms. The number of allylic oxidation sites excluding steroid dienone is 3. The summed E-state index contributed by atoms with van der Waals surface area (Å²) in [5, 5.41) is 0. The van der Waals surface area contributed by atoms with E-state index in [1.165, 1.54) is 24.0 Å². The Bertz CT molecular complexity index is 209. The summed E-state index contributed by atoms with van der Waals surface area (Å²) in [6, 6.07) is 0. The van der Waals surface area contributed by atoms with Gasteiger partial charge in [-0.05, 0) is 38.7 Å². The fourth-order valence-electron chi connectivity index (χ4n) is 1.08. The zero-order valence-electron chi connectivity index (χ0n) is 7.30. The lowest BCUT2D eigenvalue weighted by Crippen LogP contribution is -1.84. The van der Waals surface area contributed by atoms with Crippen LogP contribution in [0.2, 0.25) is 0 Å². The molecule has 0 saturated carbocycles. The monoisotopic (exact) mass is 149 g/mol. The van der Waals surface area contributed by atoms with Crippen molar-refractivity contribution in [2.75, 3.05) is 0 Å². The minimum Gasteiger partial charge on any atom is -0.265 e. The van der Waals surface area contributed by atoms with Crippen LogP contribution in [-0.4, -0.2) is 6.21 Å². The van der Waals surface area contributed by atoms with Crippen molar-refractivity contribution in [2.45, 2.75) is 33.1 Å². The van der Waals surface area contributed by atoms with E-state index in [9.17, 15) is 0 Å². The number of nitrogens with zero attached hydrogens (tertiary/aromatic N) is 1. The third kappa shape index (κ3) is 2.71. The maximum absolute atomic E-state index is 4.16. The van der Waals surface area contributed by atoms with E-state index in [0.717, 1.165) is 6.42 Å². The second-order valence-electron chi connectivity index (χ2n) is 3.02. The molecule has 1 heteroatoms. The zero-order chi connectivity index (χ0) is 8.10. The van der Waals surface area contributed by atoms with Crippen molar-refractivity contribution in [3.63, 3.8) is 0 Å². The molecule has 0 N–H and O–H groups in total. The summed E-state index contributed by atoms with van der Waals surface area (Å²) in [7, 11) is 0. The van der Waals surface area contributed by atoms with Gasteiger partial charge < -0.3 is 0 Å². The molecule has 0 bridgehead atoms. The van der Waals surface area contributed by atoms with Gasteiger partial charge in [0.2, 0.25) is 0 Å². The van der Waals surface area contributed by atoms with Gasteiger partial charge in [0.15, 0.2) is 0 Å². The highest BCUT2D eigenvalue weighted by molar-refractivity contribution is 5.79. The highest BCUT2D eigenvalue weighted by atomic mass is 14.7. The van der Waals surface area contributed by atoms with Crippen molar-refractivity contribution < 1.29 is 0 Å². The average Bonchev–Trinajstić information content (AvgIpc) is 2.07. The molecule has 1 heterocycles. The largest absolute Gasteiger partial charge is 0.265 e. The summed E-state index contributed by atoms with van der Waals surface area (Å²) >= 11 is 0. The summed E-state index contributed by atoms with van der Waals surface area (Å²) in [6.45, 7) is 4.31. The number of aliphatic imine (C=N–C) groups is 1. The van der Waals surface area contributed by atoms with E-state index in [4.69, 9.17) is 0 Å². The zero-order valence-corrected chi connectivity index (χ0v) is 7.30.